The lowest BCUT2D eigenvalue weighted by Crippen LogP contribution is -2.15. The Morgan fingerprint density at radius 2 is 1.96 bits per heavy atom. The van der Waals surface area contributed by atoms with Gasteiger partial charge in [-0.3, -0.25) is 0 Å². The standard InChI is InChI=1S/C21H20N2O3/c1-26-21(24)16-10-5-9-15-19-17(22-25)11-6-12-18(19)23(20(15)16)13-14-7-3-2-4-8-14/h2-5,7-10,25H,6,11-13H2,1H3/b22-17+. The molecule has 0 aliphatic heterocycles. The zero-order valence-corrected chi connectivity index (χ0v) is 14.6. The van der Waals surface area contributed by atoms with Crippen LogP contribution in [0.4, 0.5) is 0 Å². The van der Waals surface area contributed by atoms with Gasteiger partial charge in [-0.05, 0) is 30.9 Å². The van der Waals surface area contributed by atoms with Crippen LogP contribution in [0.3, 0.4) is 0 Å². The van der Waals surface area contributed by atoms with Crippen LogP contribution in [0.25, 0.3) is 10.9 Å². The molecule has 0 spiro atoms. The van der Waals surface area contributed by atoms with Gasteiger partial charge in [0.15, 0.2) is 0 Å². The highest BCUT2D eigenvalue weighted by atomic mass is 16.5. The Balaban J connectivity index is 2.03. The Morgan fingerprint density at radius 3 is 2.69 bits per heavy atom. The summed E-state index contributed by atoms with van der Waals surface area (Å²) < 4.78 is 7.18. The van der Waals surface area contributed by atoms with Crippen molar-refractivity contribution >= 4 is 22.6 Å². The van der Waals surface area contributed by atoms with E-state index in [1.807, 2.05) is 30.3 Å². The Labute approximate surface area is 151 Å². The first kappa shape index (κ1) is 16.4. The minimum Gasteiger partial charge on any atom is -0.465 e. The van der Waals surface area contributed by atoms with Crippen LogP contribution >= 0.6 is 0 Å². The van der Waals surface area contributed by atoms with Gasteiger partial charge in [0.1, 0.15) is 0 Å². The van der Waals surface area contributed by atoms with Crippen molar-refractivity contribution in [3.8, 4) is 0 Å². The molecule has 0 saturated carbocycles. The Morgan fingerprint density at radius 1 is 1.15 bits per heavy atom. The summed E-state index contributed by atoms with van der Waals surface area (Å²) >= 11 is 0. The molecule has 1 heterocycles. The summed E-state index contributed by atoms with van der Waals surface area (Å²) in [5, 5.41) is 14.0. The molecule has 1 N–H and O–H groups in total. The van der Waals surface area contributed by atoms with E-state index in [-0.39, 0.29) is 5.97 Å². The number of benzene rings is 2. The molecule has 132 valence electrons. The third-order valence-electron chi connectivity index (χ3n) is 5.01. The van der Waals surface area contributed by atoms with Crippen molar-refractivity contribution in [1.29, 1.82) is 0 Å². The van der Waals surface area contributed by atoms with Crippen LogP contribution in [0, 0.1) is 0 Å². The van der Waals surface area contributed by atoms with Crippen molar-refractivity contribution in [3.63, 3.8) is 0 Å². The second kappa shape index (κ2) is 6.67. The second-order valence-electron chi connectivity index (χ2n) is 6.49. The maximum Gasteiger partial charge on any atom is 0.340 e. The maximum atomic E-state index is 12.4. The molecule has 5 nitrogen and oxygen atoms in total. The predicted molar refractivity (Wildman–Crippen MR) is 100 cm³/mol. The van der Waals surface area contributed by atoms with E-state index < -0.39 is 0 Å². The van der Waals surface area contributed by atoms with Crippen molar-refractivity contribution in [2.45, 2.75) is 25.8 Å². The summed E-state index contributed by atoms with van der Waals surface area (Å²) in [6, 6.07) is 15.8. The Hall–Kier alpha value is -3.08. The molecule has 0 amide bonds. The first-order valence-electron chi connectivity index (χ1n) is 8.72. The van der Waals surface area contributed by atoms with Gasteiger partial charge >= 0.3 is 5.97 Å². The highest BCUT2D eigenvalue weighted by molar-refractivity contribution is 6.16. The lowest BCUT2D eigenvalue weighted by Gasteiger charge is -2.17. The fourth-order valence-electron chi connectivity index (χ4n) is 3.91. The molecular formula is C21H20N2O3. The molecule has 0 unspecified atom stereocenters. The molecule has 4 rings (SSSR count). The lowest BCUT2D eigenvalue weighted by molar-refractivity contribution is 0.0602. The van der Waals surface area contributed by atoms with E-state index in [9.17, 15) is 10.0 Å². The molecule has 0 atom stereocenters. The molecule has 1 aliphatic carbocycles. The highest BCUT2D eigenvalue weighted by Crippen LogP contribution is 2.35. The number of oxime groups is 1. The van der Waals surface area contributed by atoms with Crippen LogP contribution in [-0.2, 0) is 17.7 Å². The number of para-hydroxylation sites is 1. The van der Waals surface area contributed by atoms with E-state index in [1.54, 1.807) is 6.07 Å². The number of ether oxygens (including phenoxy) is 1. The topological polar surface area (TPSA) is 63.8 Å². The first-order valence-corrected chi connectivity index (χ1v) is 8.72. The summed E-state index contributed by atoms with van der Waals surface area (Å²) in [6.45, 7) is 0.652. The van der Waals surface area contributed by atoms with E-state index in [1.165, 1.54) is 7.11 Å². The molecule has 1 aliphatic rings. The summed E-state index contributed by atoms with van der Waals surface area (Å²) in [5.74, 6) is -0.359. The van der Waals surface area contributed by atoms with Gasteiger partial charge in [-0.25, -0.2) is 4.79 Å². The average molecular weight is 348 g/mol. The number of hydrogen-bond acceptors (Lipinski definition) is 4. The van der Waals surface area contributed by atoms with E-state index >= 15 is 0 Å². The van der Waals surface area contributed by atoms with Gasteiger partial charge < -0.3 is 14.5 Å². The lowest BCUT2D eigenvalue weighted by atomic mass is 9.93. The number of carbonyl (C=O) groups is 1. The van der Waals surface area contributed by atoms with E-state index in [2.05, 4.69) is 21.9 Å². The minimum absolute atomic E-state index is 0.359. The van der Waals surface area contributed by atoms with Crippen LogP contribution in [0.5, 0.6) is 0 Å². The van der Waals surface area contributed by atoms with Gasteiger partial charge in [0.05, 0.1) is 23.9 Å². The Kier molecular flexibility index (Phi) is 4.21. The molecule has 0 bridgehead atoms. The van der Waals surface area contributed by atoms with E-state index in [0.717, 1.165) is 47.0 Å². The minimum atomic E-state index is -0.359. The molecule has 0 saturated heterocycles. The number of carbonyl (C=O) groups excluding carboxylic acids is 1. The van der Waals surface area contributed by atoms with E-state index in [0.29, 0.717) is 17.8 Å². The molecule has 0 fully saturated rings. The van der Waals surface area contributed by atoms with Crippen LogP contribution in [0.15, 0.2) is 53.7 Å². The van der Waals surface area contributed by atoms with Gasteiger partial charge in [0.25, 0.3) is 0 Å². The molecule has 26 heavy (non-hydrogen) atoms. The number of hydrogen-bond donors (Lipinski definition) is 1. The largest absolute Gasteiger partial charge is 0.465 e. The van der Waals surface area contributed by atoms with Crippen LogP contribution < -0.4 is 0 Å². The summed E-state index contributed by atoms with van der Waals surface area (Å²) in [7, 11) is 1.40. The first-order chi connectivity index (χ1) is 12.7. The number of methoxy groups -OCH3 is 1. The van der Waals surface area contributed by atoms with Gasteiger partial charge in [0, 0.05) is 23.2 Å². The quantitative estimate of drug-likeness (QED) is 0.442. The zero-order chi connectivity index (χ0) is 18.1. The van der Waals surface area contributed by atoms with Crippen LogP contribution in [0.2, 0.25) is 0 Å². The monoisotopic (exact) mass is 348 g/mol. The van der Waals surface area contributed by atoms with Gasteiger partial charge in [0.2, 0.25) is 0 Å². The number of aromatic nitrogens is 1. The SMILES string of the molecule is COC(=O)c1cccc2c3c(n(Cc4ccccc4)c12)CCC/C3=N\O. The molecule has 0 radical (unpaired) electrons. The fourth-order valence-corrected chi connectivity index (χ4v) is 3.91. The summed E-state index contributed by atoms with van der Waals surface area (Å²) in [5.41, 5.74) is 5.28. The number of nitrogens with zero attached hydrogens (tertiary/aromatic N) is 2. The average Bonchev–Trinajstić information content (AvgIpc) is 3.02. The van der Waals surface area contributed by atoms with E-state index in [4.69, 9.17) is 4.74 Å². The molecule has 2 aromatic carbocycles. The fraction of sp³-hybridized carbons (Fsp3) is 0.238. The summed E-state index contributed by atoms with van der Waals surface area (Å²) in [4.78, 5) is 12.4. The molecule has 5 heteroatoms. The van der Waals surface area contributed by atoms with Crippen LogP contribution in [0.1, 0.15) is 40.0 Å². The van der Waals surface area contributed by atoms with Crippen molar-refractivity contribution in [3.05, 3.63) is 70.9 Å². The van der Waals surface area contributed by atoms with Crippen molar-refractivity contribution in [2.24, 2.45) is 5.16 Å². The Bertz CT molecular complexity index is 1000. The number of esters is 1. The third kappa shape index (κ3) is 2.56. The third-order valence-corrected chi connectivity index (χ3v) is 5.01. The maximum absolute atomic E-state index is 12.4. The van der Waals surface area contributed by atoms with Crippen molar-refractivity contribution < 1.29 is 14.7 Å². The molecular weight excluding hydrogens is 328 g/mol. The van der Waals surface area contributed by atoms with Crippen molar-refractivity contribution in [1.82, 2.24) is 4.57 Å². The van der Waals surface area contributed by atoms with Gasteiger partial charge in [-0.15, -0.1) is 0 Å². The van der Waals surface area contributed by atoms with Crippen molar-refractivity contribution in [2.75, 3.05) is 7.11 Å². The zero-order valence-electron chi connectivity index (χ0n) is 14.6. The molecule has 3 aromatic rings. The highest BCUT2D eigenvalue weighted by Gasteiger charge is 2.27. The van der Waals surface area contributed by atoms with Gasteiger partial charge in [-0.1, -0.05) is 47.6 Å². The number of fused-ring (bicyclic) bond motifs is 3. The smallest absolute Gasteiger partial charge is 0.340 e. The normalized spacial score (nSPS) is 15.2. The summed E-state index contributed by atoms with van der Waals surface area (Å²) in [6.07, 6.45) is 2.54. The molecule has 1 aromatic heterocycles. The number of rotatable bonds is 3. The van der Waals surface area contributed by atoms with Gasteiger partial charge in [-0.2, -0.15) is 0 Å². The van der Waals surface area contributed by atoms with Crippen LogP contribution in [-0.4, -0.2) is 28.6 Å². The predicted octanol–water partition coefficient (Wildman–Crippen LogP) is 3.99. The second-order valence-corrected chi connectivity index (χ2v) is 6.49.